The van der Waals surface area contributed by atoms with E-state index in [4.69, 9.17) is 4.74 Å². The van der Waals surface area contributed by atoms with Gasteiger partial charge in [0.2, 0.25) is 35.4 Å². The number of pyridine rings is 1. The number of aromatic nitrogens is 1. The lowest BCUT2D eigenvalue weighted by Gasteiger charge is -2.40. The molecule has 0 bridgehead atoms. The van der Waals surface area contributed by atoms with Gasteiger partial charge in [0.25, 0.3) is 0 Å². The molecule has 4 aromatic carbocycles. The molecular weight excluding hydrogens is 1490 g/mol. The molecule has 7 fully saturated rings. The maximum Gasteiger partial charge on any atom is 0.322 e. The molecule has 5 aromatic rings. The average Bonchev–Trinajstić information content (AvgIpc) is 1.59. The minimum Gasteiger partial charge on any atom is -0.381 e. The number of hydrogen-bond acceptors (Lipinski definition) is 14. The van der Waals surface area contributed by atoms with Gasteiger partial charge in [0, 0.05) is 143 Å². The molecule has 6 unspecified atom stereocenters. The molecule has 7 saturated heterocycles. The van der Waals surface area contributed by atoms with Gasteiger partial charge < -0.3 is 59.9 Å². The van der Waals surface area contributed by atoms with Crippen LogP contribution in [0.25, 0.3) is 0 Å². The standard InChI is InChI=1S/C29H34F2N4O3S.C28H40N4O4S.C27H35N5O3S.2H2/c1-18(2)9-14-34-27(37)25(39-28(34)19-7-8-22(30)23(31)15-19)16-26(36)33-12-10-21(11-13-33)35-17-20-5-3-4-6-24(20)32-29(35)38;1-19(2)7-14-31-26(34)24(37-27(31)20-10-15-36-16-11-20)17-25(33)30-12-8-22(9-13-30)32-18-21-5-3-4-6-23(21)29-28(32)35;1-19(2)11-17-32-25(34)22(36-26(32)20-8-4-3-5-9-20)18-24(33)31-15-12-21(13-16-31)29-27(35)30-23-10-6-7-14-28-23;;/h3-8,15,18,21,25,28H,9-14,16-17H2,1-2H3,(H,32,38);3-6,19-20,22,24,27H,7-18H2,1-2H3,(H,29,35);3-10,14,19,21-22,26H,11-13,15-18H2,1-2H3,(H2,28,29,30,35);2*1H. The van der Waals surface area contributed by atoms with E-state index in [1.807, 2.05) is 91.2 Å². The van der Waals surface area contributed by atoms with Gasteiger partial charge in [0.15, 0.2) is 11.6 Å². The molecule has 0 spiro atoms. The third-order valence-electron chi connectivity index (χ3n) is 22.7. The number of anilines is 3. The number of hydrogen-bond donors (Lipinski definition) is 4. The van der Waals surface area contributed by atoms with Gasteiger partial charge in [-0.15, -0.1) is 35.3 Å². The molecule has 10 heterocycles. The van der Waals surface area contributed by atoms with E-state index >= 15 is 0 Å². The molecule has 28 heteroatoms. The summed E-state index contributed by atoms with van der Waals surface area (Å²) in [4.78, 5) is 137. The number of ether oxygens (including phenoxy) is 1. The fraction of sp³-hybridized carbons (Fsp3) is 0.548. The molecule has 14 rings (SSSR count). The number of urea groups is 3. The van der Waals surface area contributed by atoms with Crippen molar-refractivity contribution in [2.75, 3.05) is 88.1 Å². The van der Waals surface area contributed by atoms with Crippen molar-refractivity contribution < 1.29 is 59.5 Å². The number of rotatable bonds is 22. The number of para-hydroxylation sites is 2. The second-order valence-corrected chi connectivity index (χ2v) is 35.8. The number of carbonyl (C=O) groups excluding carboxylic acids is 9. The van der Waals surface area contributed by atoms with Crippen LogP contribution in [-0.4, -0.2) is 209 Å². The van der Waals surface area contributed by atoms with Gasteiger partial charge >= 0.3 is 18.1 Å². The lowest BCUT2D eigenvalue weighted by atomic mass is 9.98. The Kier molecular flexibility index (Phi) is 28.9. The predicted molar refractivity (Wildman–Crippen MR) is 439 cm³/mol. The summed E-state index contributed by atoms with van der Waals surface area (Å²) in [7, 11) is 0. The van der Waals surface area contributed by atoms with Gasteiger partial charge in [0.1, 0.15) is 16.6 Å². The Morgan fingerprint density at radius 2 is 0.946 bits per heavy atom. The molecule has 0 aliphatic carbocycles. The van der Waals surface area contributed by atoms with E-state index in [0.717, 1.165) is 105 Å². The number of nitrogens with one attached hydrogen (secondary N) is 4. The summed E-state index contributed by atoms with van der Waals surface area (Å²) in [5, 5.41) is 10.0. The molecule has 0 saturated carbocycles. The second kappa shape index (κ2) is 39.0. The number of nitrogens with zero attached hydrogens (tertiary/aromatic N) is 9. The summed E-state index contributed by atoms with van der Waals surface area (Å²) >= 11 is 4.63. The van der Waals surface area contributed by atoms with E-state index in [1.165, 1.54) is 17.8 Å². The van der Waals surface area contributed by atoms with Crippen LogP contribution in [0.3, 0.4) is 0 Å². The first-order chi connectivity index (χ1) is 54.0. The van der Waals surface area contributed by atoms with E-state index in [0.29, 0.717) is 126 Å². The van der Waals surface area contributed by atoms with Crippen LogP contribution in [-0.2, 0) is 46.6 Å². The molecule has 6 atom stereocenters. The monoisotopic (exact) mass is 1600 g/mol. The van der Waals surface area contributed by atoms with E-state index in [1.54, 1.807) is 51.7 Å². The fourth-order valence-corrected chi connectivity index (χ4v) is 20.7. The minimum absolute atomic E-state index is 0. The highest BCUT2D eigenvalue weighted by molar-refractivity contribution is 8.02. The molecule has 23 nitrogen and oxygen atoms in total. The zero-order valence-electron chi connectivity index (χ0n) is 65.2. The zero-order valence-corrected chi connectivity index (χ0v) is 67.7. The largest absolute Gasteiger partial charge is 0.381 e. The predicted octanol–water partition coefficient (Wildman–Crippen LogP) is 14.3. The third kappa shape index (κ3) is 21.3. The second-order valence-electron chi connectivity index (χ2n) is 31.9. The summed E-state index contributed by atoms with van der Waals surface area (Å²) in [6.45, 7) is 20.9. The quantitative estimate of drug-likeness (QED) is 0.0503. The number of thioether (sulfide) groups is 3. The highest BCUT2D eigenvalue weighted by Gasteiger charge is 2.48. The SMILES string of the molecule is CC(C)CCN1C(=O)C(CC(=O)N2CCC(N3Cc4ccccc4NC3=O)CC2)SC1C1CCOCC1.CC(C)CCN1C(=O)C(CC(=O)N2CCC(N3Cc4ccccc4NC3=O)CC2)SC1c1ccc(F)c(F)c1.CC(C)CCN1C(=O)C(CC(=O)N2CCC(NC(=O)Nc3ccccn3)CC2)SC1c1ccccc1.[HH].[HH]. The van der Waals surface area contributed by atoms with Gasteiger partial charge in [0.05, 0.1) is 21.1 Å². The van der Waals surface area contributed by atoms with Crippen molar-refractivity contribution in [3.63, 3.8) is 0 Å². The topological polar surface area (TPSA) is 250 Å². The Bertz CT molecular complexity index is 4100. The van der Waals surface area contributed by atoms with Crippen LogP contribution in [0.15, 0.2) is 121 Å². The van der Waals surface area contributed by atoms with Crippen LogP contribution in [0.5, 0.6) is 0 Å². The summed E-state index contributed by atoms with van der Waals surface area (Å²) in [5.74, 6) is 0.496. The lowest BCUT2D eigenvalue weighted by Crippen LogP contribution is -2.51. The van der Waals surface area contributed by atoms with Crippen molar-refractivity contribution in [2.24, 2.45) is 23.7 Å². The van der Waals surface area contributed by atoms with Gasteiger partial charge in [-0.05, 0) is 153 Å². The number of piperidine rings is 3. The lowest BCUT2D eigenvalue weighted by molar-refractivity contribution is -0.137. The Balaban J connectivity index is 0.000000180. The van der Waals surface area contributed by atoms with E-state index in [-0.39, 0.29) is 115 Å². The first-order valence-electron chi connectivity index (χ1n) is 40.1. The molecule has 9 aliphatic rings. The van der Waals surface area contributed by atoms with Crippen LogP contribution < -0.4 is 21.3 Å². The van der Waals surface area contributed by atoms with Crippen LogP contribution in [0, 0.1) is 35.3 Å². The number of halogens is 2. The van der Waals surface area contributed by atoms with Crippen molar-refractivity contribution in [3.8, 4) is 0 Å². The molecule has 606 valence electrons. The summed E-state index contributed by atoms with van der Waals surface area (Å²) < 4.78 is 33.1. The molecule has 4 N–H and O–H groups in total. The molecule has 1 aromatic heterocycles. The Morgan fingerprint density at radius 1 is 0.509 bits per heavy atom. The Hall–Kier alpha value is -8.47. The van der Waals surface area contributed by atoms with Crippen LogP contribution in [0.4, 0.5) is 40.4 Å². The smallest absolute Gasteiger partial charge is 0.322 e. The van der Waals surface area contributed by atoms with E-state index in [2.05, 4.69) is 90.9 Å². The molecule has 12 amide bonds. The van der Waals surface area contributed by atoms with Gasteiger partial charge in [-0.25, -0.2) is 28.1 Å². The Labute approximate surface area is 672 Å². The molecule has 0 radical (unpaired) electrons. The van der Waals surface area contributed by atoms with Crippen molar-refractivity contribution in [3.05, 3.63) is 155 Å². The van der Waals surface area contributed by atoms with Crippen LogP contribution in [0.1, 0.15) is 167 Å². The van der Waals surface area contributed by atoms with E-state index in [9.17, 15) is 51.9 Å². The number of likely N-dealkylation sites (tertiary alicyclic amines) is 3. The number of carbonyl (C=O) groups is 9. The number of benzene rings is 4. The van der Waals surface area contributed by atoms with Gasteiger partial charge in [-0.2, -0.15) is 0 Å². The molecular formula is C84H113F2N13O10S3. The zero-order chi connectivity index (χ0) is 79.1. The van der Waals surface area contributed by atoms with E-state index < -0.39 is 22.3 Å². The normalized spacial score (nSPS) is 22.7. The van der Waals surface area contributed by atoms with Gasteiger partial charge in [-0.3, -0.25) is 34.1 Å². The maximum absolute atomic E-state index is 14.0. The van der Waals surface area contributed by atoms with Crippen molar-refractivity contribution in [1.29, 1.82) is 0 Å². The van der Waals surface area contributed by atoms with Crippen LogP contribution >= 0.6 is 35.3 Å². The van der Waals surface area contributed by atoms with Crippen molar-refractivity contribution >= 4 is 106 Å². The minimum atomic E-state index is -0.947. The summed E-state index contributed by atoms with van der Waals surface area (Å²) in [5.41, 5.74) is 5.55. The highest BCUT2D eigenvalue weighted by Crippen LogP contribution is 2.48. The summed E-state index contributed by atoms with van der Waals surface area (Å²) in [6.07, 6.45) is 11.0. The number of fused-ring (bicyclic) bond motifs is 2. The third-order valence-corrected chi connectivity index (χ3v) is 27.2. The van der Waals surface area contributed by atoms with Crippen molar-refractivity contribution in [1.82, 2.24) is 49.5 Å². The number of amides is 12. The molecule has 9 aliphatic heterocycles. The average molecular weight is 1600 g/mol. The molecule has 112 heavy (non-hydrogen) atoms. The first-order valence-corrected chi connectivity index (χ1v) is 42.9. The highest BCUT2D eigenvalue weighted by atomic mass is 32.2. The summed E-state index contributed by atoms with van der Waals surface area (Å²) in [6, 6.07) is 34.5. The van der Waals surface area contributed by atoms with Crippen LogP contribution in [0.2, 0.25) is 0 Å². The van der Waals surface area contributed by atoms with Gasteiger partial charge in [-0.1, -0.05) is 120 Å². The van der Waals surface area contributed by atoms with Crippen molar-refractivity contribution in [2.45, 2.75) is 195 Å². The maximum atomic E-state index is 14.0. The first kappa shape index (κ1) is 83.0. The Morgan fingerprint density at radius 3 is 1.42 bits per heavy atom. The fourth-order valence-electron chi connectivity index (χ4n) is 16.0.